The normalized spacial score (nSPS) is 22.9. The molecule has 0 spiro atoms. The zero-order valence-electron chi connectivity index (χ0n) is 9.44. The van der Waals surface area contributed by atoms with E-state index in [0.29, 0.717) is 19.7 Å². The molecule has 0 radical (unpaired) electrons. The topological polar surface area (TPSA) is 30.3 Å². The second-order valence-corrected chi connectivity index (χ2v) is 4.18. The lowest BCUT2D eigenvalue weighted by atomic mass is 10.3. The van der Waals surface area contributed by atoms with Crippen LogP contribution in [0.25, 0.3) is 0 Å². The average Bonchev–Trinajstić information content (AvgIpc) is 2.65. The molecule has 1 aromatic heterocycles. The van der Waals surface area contributed by atoms with Crippen molar-refractivity contribution >= 4 is 0 Å². The zero-order valence-corrected chi connectivity index (χ0v) is 9.44. The first kappa shape index (κ1) is 12.4. The Hall–Kier alpha value is -1.08. The van der Waals surface area contributed by atoms with Gasteiger partial charge in [0.15, 0.2) is 5.69 Å². The number of halogens is 3. The van der Waals surface area contributed by atoms with Crippen molar-refractivity contribution in [3.63, 3.8) is 0 Å². The molecule has 96 valence electrons. The van der Waals surface area contributed by atoms with Gasteiger partial charge < -0.3 is 9.64 Å². The molecule has 17 heavy (non-hydrogen) atoms. The highest BCUT2D eigenvalue weighted by Crippen LogP contribution is 2.27. The van der Waals surface area contributed by atoms with Crippen molar-refractivity contribution in [3.8, 4) is 0 Å². The summed E-state index contributed by atoms with van der Waals surface area (Å²) in [4.78, 5) is 2.09. The van der Waals surface area contributed by atoms with Crippen LogP contribution in [0.2, 0.25) is 0 Å². The van der Waals surface area contributed by atoms with Gasteiger partial charge in [0, 0.05) is 19.3 Å². The fraction of sp³-hybridized carbons (Fsp3) is 0.700. The molecule has 1 unspecified atom stereocenters. The first-order valence-electron chi connectivity index (χ1n) is 5.36. The van der Waals surface area contributed by atoms with Gasteiger partial charge in [-0.25, -0.2) is 0 Å². The van der Waals surface area contributed by atoms with Crippen LogP contribution >= 0.6 is 0 Å². The highest BCUT2D eigenvalue weighted by Gasteiger charge is 2.33. The van der Waals surface area contributed by atoms with Crippen LogP contribution in [0.1, 0.15) is 5.69 Å². The Kier molecular flexibility index (Phi) is 3.39. The first-order chi connectivity index (χ1) is 7.95. The molecule has 0 aromatic carbocycles. The SMILES string of the molecule is CN1CCOC(Cn2ccc(C(F)(F)F)n2)C1. The standard InChI is InChI=1S/C10H14F3N3O/c1-15-4-5-17-8(6-15)7-16-3-2-9(14-16)10(11,12)13/h2-3,8H,4-7H2,1H3. The zero-order chi connectivity index (χ0) is 12.5. The van der Waals surface area contributed by atoms with Gasteiger partial charge in [0.05, 0.1) is 19.3 Å². The highest BCUT2D eigenvalue weighted by atomic mass is 19.4. The number of nitrogens with zero attached hydrogens (tertiary/aromatic N) is 3. The summed E-state index contributed by atoms with van der Waals surface area (Å²) in [6, 6.07) is 0.979. The van der Waals surface area contributed by atoms with E-state index in [1.165, 1.54) is 10.9 Å². The van der Waals surface area contributed by atoms with Crippen LogP contribution in [-0.4, -0.2) is 47.5 Å². The van der Waals surface area contributed by atoms with Crippen molar-refractivity contribution < 1.29 is 17.9 Å². The van der Waals surface area contributed by atoms with E-state index in [-0.39, 0.29) is 6.10 Å². The molecule has 0 amide bonds. The fourth-order valence-corrected chi connectivity index (χ4v) is 1.80. The third kappa shape index (κ3) is 3.19. The van der Waals surface area contributed by atoms with Gasteiger partial charge in [-0.2, -0.15) is 18.3 Å². The minimum atomic E-state index is -4.38. The summed E-state index contributed by atoms with van der Waals surface area (Å²) in [5, 5.41) is 3.49. The molecule has 4 nitrogen and oxygen atoms in total. The number of likely N-dealkylation sites (N-methyl/N-ethyl adjacent to an activating group) is 1. The minimum Gasteiger partial charge on any atom is -0.374 e. The van der Waals surface area contributed by atoms with Gasteiger partial charge in [-0.15, -0.1) is 0 Å². The van der Waals surface area contributed by atoms with Gasteiger partial charge in [-0.05, 0) is 13.1 Å². The van der Waals surface area contributed by atoms with Gasteiger partial charge in [0.25, 0.3) is 0 Å². The molecule has 1 aromatic rings. The Morgan fingerprint density at radius 2 is 2.29 bits per heavy atom. The van der Waals surface area contributed by atoms with Crippen molar-refractivity contribution in [2.24, 2.45) is 0 Å². The summed E-state index contributed by atoms with van der Waals surface area (Å²) in [5.41, 5.74) is -0.860. The minimum absolute atomic E-state index is 0.102. The molecule has 1 aliphatic heterocycles. The average molecular weight is 249 g/mol. The van der Waals surface area contributed by atoms with Crippen LogP contribution in [0.4, 0.5) is 13.2 Å². The van der Waals surface area contributed by atoms with E-state index >= 15 is 0 Å². The van der Waals surface area contributed by atoms with Crippen molar-refractivity contribution in [2.75, 3.05) is 26.7 Å². The molecule has 1 saturated heterocycles. The molecule has 2 heterocycles. The number of hydrogen-bond donors (Lipinski definition) is 0. The smallest absolute Gasteiger partial charge is 0.374 e. The monoisotopic (exact) mass is 249 g/mol. The quantitative estimate of drug-likeness (QED) is 0.789. The maximum Gasteiger partial charge on any atom is 0.435 e. The lowest BCUT2D eigenvalue weighted by Crippen LogP contribution is -2.42. The molecule has 1 atom stereocenters. The maximum atomic E-state index is 12.3. The largest absolute Gasteiger partial charge is 0.435 e. The summed E-state index contributed by atoms with van der Waals surface area (Å²) >= 11 is 0. The van der Waals surface area contributed by atoms with Gasteiger partial charge in [-0.1, -0.05) is 0 Å². The van der Waals surface area contributed by atoms with Crippen LogP contribution in [0.5, 0.6) is 0 Å². The van der Waals surface area contributed by atoms with Crippen LogP contribution < -0.4 is 0 Å². The molecule has 0 saturated carbocycles. The van der Waals surface area contributed by atoms with E-state index in [1.54, 1.807) is 0 Å². The molecule has 1 fully saturated rings. The van der Waals surface area contributed by atoms with E-state index in [2.05, 4.69) is 10.00 Å². The van der Waals surface area contributed by atoms with Crippen LogP contribution in [0.15, 0.2) is 12.3 Å². The van der Waals surface area contributed by atoms with Crippen LogP contribution in [0.3, 0.4) is 0 Å². The lowest BCUT2D eigenvalue weighted by Gasteiger charge is -2.29. The number of rotatable bonds is 2. The predicted octanol–water partition coefficient (Wildman–Crippen LogP) is 1.23. The summed E-state index contributed by atoms with van der Waals surface area (Å²) in [6.07, 6.45) is -3.15. The fourth-order valence-electron chi connectivity index (χ4n) is 1.80. The molecular weight excluding hydrogens is 235 g/mol. The van der Waals surface area contributed by atoms with Crippen molar-refractivity contribution in [1.29, 1.82) is 0 Å². The molecule has 2 rings (SSSR count). The molecule has 0 bridgehead atoms. The number of aromatic nitrogens is 2. The summed E-state index contributed by atoms with van der Waals surface area (Å²) in [7, 11) is 1.96. The Bertz CT molecular complexity index is 377. The van der Waals surface area contributed by atoms with Crippen LogP contribution in [-0.2, 0) is 17.5 Å². The molecule has 7 heteroatoms. The second kappa shape index (κ2) is 4.66. The van der Waals surface area contributed by atoms with E-state index in [9.17, 15) is 13.2 Å². The molecule has 0 aliphatic carbocycles. The first-order valence-corrected chi connectivity index (χ1v) is 5.36. The molecular formula is C10H14F3N3O. The molecule has 0 N–H and O–H groups in total. The van der Waals surface area contributed by atoms with Crippen LogP contribution in [0, 0.1) is 0 Å². The Labute approximate surface area is 97.0 Å². The summed E-state index contributed by atoms with van der Waals surface area (Å²) < 4.78 is 43.7. The Morgan fingerprint density at radius 1 is 1.53 bits per heavy atom. The number of hydrogen-bond acceptors (Lipinski definition) is 3. The highest BCUT2D eigenvalue weighted by molar-refractivity contribution is 5.03. The third-order valence-electron chi connectivity index (χ3n) is 2.66. The van der Waals surface area contributed by atoms with Gasteiger partial charge >= 0.3 is 6.18 Å². The van der Waals surface area contributed by atoms with E-state index in [1.807, 2.05) is 7.05 Å². The summed E-state index contributed by atoms with van der Waals surface area (Å²) in [6.45, 7) is 2.51. The van der Waals surface area contributed by atoms with Crippen molar-refractivity contribution in [1.82, 2.24) is 14.7 Å². The van der Waals surface area contributed by atoms with Crippen molar-refractivity contribution in [3.05, 3.63) is 18.0 Å². The maximum absolute atomic E-state index is 12.3. The Balaban J connectivity index is 1.97. The second-order valence-electron chi connectivity index (χ2n) is 4.18. The lowest BCUT2D eigenvalue weighted by molar-refractivity contribution is -0.141. The van der Waals surface area contributed by atoms with E-state index < -0.39 is 11.9 Å². The molecule has 1 aliphatic rings. The van der Waals surface area contributed by atoms with Crippen molar-refractivity contribution in [2.45, 2.75) is 18.8 Å². The van der Waals surface area contributed by atoms with Gasteiger partial charge in [-0.3, -0.25) is 4.68 Å². The third-order valence-corrected chi connectivity index (χ3v) is 2.66. The van der Waals surface area contributed by atoms with Gasteiger partial charge in [0.2, 0.25) is 0 Å². The predicted molar refractivity (Wildman–Crippen MR) is 54.5 cm³/mol. The number of morpholine rings is 1. The summed E-state index contributed by atoms with van der Waals surface area (Å²) in [5.74, 6) is 0. The number of ether oxygens (including phenoxy) is 1. The van der Waals surface area contributed by atoms with E-state index in [4.69, 9.17) is 4.74 Å². The number of alkyl halides is 3. The Morgan fingerprint density at radius 3 is 2.88 bits per heavy atom. The van der Waals surface area contributed by atoms with E-state index in [0.717, 1.165) is 12.6 Å². The van der Waals surface area contributed by atoms with Gasteiger partial charge in [0.1, 0.15) is 0 Å².